The van der Waals surface area contributed by atoms with Gasteiger partial charge in [-0.25, -0.2) is 8.78 Å². The van der Waals surface area contributed by atoms with E-state index in [1.165, 1.54) is 6.92 Å². The van der Waals surface area contributed by atoms with E-state index in [0.717, 1.165) is 18.2 Å². The Bertz CT molecular complexity index is 574. The summed E-state index contributed by atoms with van der Waals surface area (Å²) in [6.07, 6.45) is 0. The zero-order chi connectivity index (χ0) is 13.1. The summed E-state index contributed by atoms with van der Waals surface area (Å²) in [6, 6.07) is 9.39. The van der Waals surface area contributed by atoms with Crippen molar-refractivity contribution in [3.8, 4) is 11.5 Å². The number of halogens is 2. The molecule has 0 fully saturated rings. The van der Waals surface area contributed by atoms with Crippen molar-refractivity contribution in [3.63, 3.8) is 0 Å². The first kappa shape index (κ1) is 12.2. The lowest BCUT2D eigenvalue weighted by molar-refractivity contribution is 0.101. The van der Waals surface area contributed by atoms with E-state index < -0.39 is 11.6 Å². The largest absolute Gasteiger partial charge is 0.456 e. The fraction of sp³-hybridized carbons (Fsp3) is 0.0714. The van der Waals surface area contributed by atoms with Crippen LogP contribution in [0.5, 0.6) is 11.5 Å². The summed E-state index contributed by atoms with van der Waals surface area (Å²) in [4.78, 5) is 11.4. The van der Waals surface area contributed by atoms with Gasteiger partial charge in [-0.3, -0.25) is 4.79 Å². The predicted octanol–water partition coefficient (Wildman–Crippen LogP) is 3.96. The van der Waals surface area contributed by atoms with Gasteiger partial charge in [-0.05, 0) is 19.1 Å². The maximum Gasteiger partial charge on any atom is 0.163 e. The van der Waals surface area contributed by atoms with Crippen molar-refractivity contribution >= 4 is 5.78 Å². The van der Waals surface area contributed by atoms with Crippen molar-refractivity contribution in [2.45, 2.75) is 6.92 Å². The molecule has 92 valence electrons. The van der Waals surface area contributed by atoms with Crippen LogP contribution in [0.1, 0.15) is 17.3 Å². The van der Waals surface area contributed by atoms with Gasteiger partial charge in [0.2, 0.25) is 0 Å². The smallest absolute Gasteiger partial charge is 0.163 e. The molecule has 2 rings (SSSR count). The van der Waals surface area contributed by atoms with E-state index in [-0.39, 0.29) is 17.3 Å². The molecule has 2 aromatic rings. The Morgan fingerprint density at radius 1 is 1.06 bits per heavy atom. The number of carbonyl (C=O) groups is 1. The summed E-state index contributed by atoms with van der Waals surface area (Å²) >= 11 is 0. The quantitative estimate of drug-likeness (QED) is 0.768. The molecule has 18 heavy (non-hydrogen) atoms. The van der Waals surface area contributed by atoms with Crippen LogP contribution in [-0.2, 0) is 0 Å². The molecule has 0 spiro atoms. The molecule has 0 radical (unpaired) electrons. The van der Waals surface area contributed by atoms with Gasteiger partial charge < -0.3 is 4.74 Å². The molecule has 0 amide bonds. The molecule has 0 unspecified atom stereocenters. The molecule has 2 nitrogen and oxygen atoms in total. The van der Waals surface area contributed by atoms with Crippen molar-refractivity contribution in [1.29, 1.82) is 0 Å². The van der Waals surface area contributed by atoms with Gasteiger partial charge in [-0.15, -0.1) is 0 Å². The number of rotatable bonds is 3. The minimum atomic E-state index is -0.731. The van der Waals surface area contributed by atoms with Crippen LogP contribution in [0.15, 0.2) is 42.5 Å². The third-order valence-corrected chi connectivity index (χ3v) is 2.33. The first-order valence-corrected chi connectivity index (χ1v) is 5.30. The van der Waals surface area contributed by atoms with E-state index in [4.69, 9.17) is 4.74 Å². The maximum absolute atomic E-state index is 13.0. The number of Topliss-reactive ketones (excluding diaryl/α,β-unsaturated/α-hetero) is 1. The zero-order valence-corrected chi connectivity index (χ0v) is 9.61. The number of ether oxygens (including phenoxy) is 1. The lowest BCUT2D eigenvalue weighted by atomic mass is 10.1. The minimum Gasteiger partial charge on any atom is -0.456 e. The van der Waals surface area contributed by atoms with Crippen molar-refractivity contribution in [2.24, 2.45) is 0 Å². The van der Waals surface area contributed by atoms with Crippen LogP contribution < -0.4 is 4.74 Å². The Morgan fingerprint density at radius 2 is 1.67 bits per heavy atom. The van der Waals surface area contributed by atoms with E-state index in [1.807, 2.05) is 0 Å². The summed E-state index contributed by atoms with van der Waals surface area (Å²) in [5.74, 6) is -1.35. The highest BCUT2D eigenvalue weighted by Gasteiger charge is 2.09. The average molecular weight is 248 g/mol. The number of para-hydroxylation sites is 1. The highest BCUT2D eigenvalue weighted by molar-refractivity contribution is 5.96. The van der Waals surface area contributed by atoms with Gasteiger partial charge in [-0.2, -0.15) is 0 Å². The Labute approximate surface area is 103 Å². The predicted molar refractivity (Wildman–Crippen MR) is 62.9 cm³/mol. The summed E-state index contributed by atoms with van der Waals surface area (Å²) in [7, 11) is 0. The first-order chi connectivity index (χ1) is 8.56. The van der Waals surface area contributed by atoms with Crippen LogP contribution in [0.4, 0.5) is 8.78 Å². The standard InChI is InChI=1S/C14H10F2O2/c1-9(17)13-4-2-3-5-14(13)18-12-7-10(15)6-11(16)8-12/h2-8H,1H3. The van der Waals surface area contributed by atoms with E-state index >= 15 is 0 Å². The van der Waals surface area contributed by atoms with Gasteiger partial charge in [0.05, 0.1) is 5.56 Å². The molecule has 0 aliphatic rings. The van der Waals surface area contributed by atoms with Crippen molar-refractivity contribution in [3.05, 3.63) is 59.7 Å². The summed E-state index contributed by atoms with van der Waals surface area (Å²) < 4.78 is 31.3. The summed E-state index contributed by atoms with van der Waals surface area (Å²) in [5, 5.41) is 0. The molecule has 0 atom stereocenters. The second kappa shape index (κ2) is 4.96. The average Bonchev–Trinajstić information content (AvgIpc) is 2.27. The van der Waals surface area contributed by atoms with Crippen LogP contribution in [0.2, 0.25) is 0 Å². The first-order valence-electron chi connectivity index (χ1n) is 5.30. The van der Waals surface area contributed by atoms with Gasteiger partial charge in [0, 0.05) is 18.2 Å². The van der Waals surface area contributed by atoms with Crippen molar-refractivity contribution < 1.29 is 18.3 Å². The van der Waals surface area contributed by atoms with Crippen LogP contribution in [0.25, 0.3) is 0 Å². The van der Waals surface area contributed by atoms with E-state index in [9.17, 15) is 13.6 Å². The third-order valence-electron chi connectivity index (χ3n) is 2.33. The Balaban J connectivity index is 2.37. The number of hydrogen-bond acceptors (Lipinski definition) is 2. The molecule has 0 aliphatic heterocycles. The fourth-order valence-electron chi connectivity index (χ4n) is 1.56. The topological polar surface area (TPSA) is 26.3 Å². The highest BCUT2D eigenvalue weighted by atomic mass is 19.1. The monoisotopic (exact) mass is 248 g/mol. The number of carbonyl (C=O) groups excluding carboxylic acids is 1. The molecule has 0 saturated heterocycles. The summed E-state index contributed by atoms with van der Waals surface area (Å²) in [6.45, 7) is 1.40. The van der Waals surface area contributed by atoms with E-state index in [1.54, 1.807) is 24.3 Å². The molecular formula is C14H10F2O2. The Hall–Kier alpha value is -2.23. The molecule has 0 heterocycles. The molecule has 0 N–H and O–H groups in total. The number of hydrogen-bond donors (Lipinski definition) is 0. The summed E-state index contributed by atoms with van der Waals surface area (Å²) in [5.41, 5.74) is 0.363. The third kappa shape index (κ3) is 2.71. The Kier molecular flexibility index (Phi) is 3.37. The second-order valence-corrected chi connectivity index (χ2v) is 3.76. The van der Waals surface area contributed by atoms with Gasteiger partial charge in [0.1, 0.15) is 23.1 Å². The molecular weight excluding hydrogens is 238 g/mol. The minimum absolute atomic E-state index is 0.0150. The highest BCUT2D eigenvalue weighted by Crippen LogP contribution is 2.26. The molecule has 0 saturated carbocycles. The number of benzene rings is 2. The fourth-order valence-corrected chi connectivity index (χ4v) is 1.56. The lowest BCUT2D eigenvalue weighted by Gasteiger charge is -2.09. The van der Waals surface area contributed by atoms with Crippen LogP contribution in [0, 0.1) is 11.6 Å². The molecule has 0 bridgehead atoms. The molecule has 0 aromatic heterocycles. The van der Waals surface area contributed by atoms with E-state index in [0.29, 0.717) is 5.56 Å². The van der Waals surface area contributed by atoms with Gasteiger partial charge >= 0.3 is 0 Å². The van der Waals surface area contributed by atoms with Crippen molar-refractivity contribution in [2.75, 3.05) is 0 Å². The second-order valence-electron chi connectivity index (χ2n) is 3.76. The zero-order valence-electron chi connectivity index (χ0n) is 9.61. The van der Waals surface area contributed by atoms with Crippen LogP contribution >= 0.6 is 0 Å². The molecule has 2 aromatic carbocycles. The van der Waals surface area contributed by atoms with Crippen LogP contribution in [0.3, 0.4) is 0 Å². The SMILES string of the molecule is CC(=O)c1ccccc1Oc1cc(F)cc(F)c1. The van der Waals surface area contributed by atoms with E-state index in [2.05, 4.69) is 0 Å². The normalized spacial score (nSPS) is 10.2. The lowest BCUT2D eigenvalue weighted by Crippen LogP contribution is -1.97. The van der Waals surface area contributed by atoms with Crippen molar-refractivity contribution in [1.82, 2.24) is 0 Å². The van der Waals surface area contributed by atoms with Gasteiger partial charge in [0.15, 0.2) is 5.78 Å². The van der Waals surface area contributed by atoms with Crippen LogP contribution in [-0.4, -0.2) is 5.78 Å². The number of ketones is 1. The molecule has 4 heteroatoms. The van der Waals surface area contributed by atoms with Gasteiger partial charge in [-0.1, -0.05) is 12.1 Å². The molecule has 0 aliphatic carbocycles. The Morgan fingerprint density at radius 3 is 2.28 bits per heavy atom. The van der Waals surface area contributed by atoms with Gasteiger partial charge in [0.25, 0.3) is 0 Å². The maximum atomic E-state index is 13.0.